The summed E-state index contributed by atoms with van der Waals surface area (Å²) >= 11 is 0.996. The Balaban J connectivity index is 1.29. The number of hydrogen-bond donors (Lipinski definition) is 5. The predicted octanol–water partition coefficient (Wildman–Crippen LogP) is 2.70. The molecule has 0 aliphatic carbocycles. The van der Waals surface area contributed by atoms with E-state index >= 15 is 0 Å². The molecule has 0 unspecified atom stereocenters. The average molecular weight is 625 g/mol. The molecule has 15 heteroatoms. The van der Waals surface area contributed by atoms with Gasteiger partial charge >= 0.3 is 5.97 Å². The molecule has 1 aromatic heterocycles. The number of piperidine rings is 1. The zero-order valence-electron chi connectivity index (χ0n) is 22.4. The molecule has 1 aliphatic heterocycles. The van der Waals surface area contributed by atoms with Crippen molar-refractivity contribution in [2.24, 2.45) is 0 Å². The number of rotatable bonds is 11. The number of ether oxygens (including phenoxy) is 1. The Morgan fingerprint density at radius 3 is 2.39 bits per heavy atom. The SMILES string of the molecule is COC(=O)c1sccc1S(=O)(=O)Nc1ccc(N2CCC(NC[C@H](O)c3ccc(O)c(NS(C)(=O)=O)c3)CC2)cc1. The summed E-state index contributed by atoms with van der Waals surface area (Å²) in [5.41, 5.74) is 1.78. The van der Waals surface area contributed by atoms with Crippen LogP contribution in [0.15, 0.2) is 58.8 Å². The van der Waals surface area contributed by atoms with Gasteiger partial charge in [0.25, 0.3) is 10.0 Å². The van der Waals surface area contributed by atoms with Crippen molar-refractivity contribution in [3.63, 3.8) is 0 Å². The Hall–Kier alpha value is -3.37. The number of nitrogens with zero attached hydrogens (tertiary/aromatic N) is 1. The van der Waals surface area contributed by atoms with Gasteiger partial charge in [-0.25, -0.2) is 21.6 Å². The number of phenols is 1. The molecule has 2 aromatic carbocycles. The molecule has 0 saturated carbocycles. The van der Waals surface area contributed by atoms with E-state index in [2.05, 4.69) is 24.4 Å². The lowest BCUT2D eigenvalue weighted by molar-refractivity contribution is 0.0602. The van der Waals surface area contributed by atoms with Gasteiger partial charge in [-0.15, -0.1) is 11.3 Å². The van der Waals surface area contributed by atoms with Crippen LogP contribution in [0.5, 0.6) is 5.75 Å². The van der Waals surface area contributed by atoms with Crippen molar-refractivity contribution < 1.29 is 36.6 Å². The van der Waals surface area contributed by atoms with E-state index in [-0.39, 0.29) is 33.8 Å². The molecule has 222 valence electrons. The van der Waals surface area contributed by atoms with Crippen molar-refractivity contribution in [3.8, 4) is 5.75 Å². The van der Waals surface area contributed by atoms with Gasteiger partial charge in [0.1, 0.15) is 15.5 Å². The van der Waals surface area contributed by atoms with Crippen molar-refractivity contribution in [2.75, 3.05) is 47.3 Å². The topological polar surface area (TPSA) is 174 Å². The molecule has 0 radical (unpaired) electrons. The van der Waals surface area contributed by atoms with E-state index in [1.807, 2.05) is 12.1 Å². The van der Waals surface area contributed by atoms with Crippen LogP contribution < -0.4 is 19.7 Å². The summed E-state index contributed by atoms with van der Waals surface area (Å²) in [7, 11) is -6.36. The number of carbonyl (C=O) groups excluding carboxylic acids is 1. The number of aromatic hydroxyl groups is 1. The van der Waals surface area contributed by atoms with E-state index in [1.54, 1.807) is 18.2 Å². The number of hydrogen-bond acceptors (Lipinski definition) is 11. The van der Waals surface area contributed by atoms with E-state index in [1.165, 1.54) is 30.7 Å². The van der Waals surface area contributed by atoms with Crippen LogP contribution in [-0.4, -0.2) is 72.1 Å². The second kappa shape index (κ2) is 12.7. The van der Waals surface area contributed by atoms with Gasteiger partial charge in [0.2, 0.25) is 10.0 Å². The Morgan fingerprint density at radius 1 is 1.07 bits per heavy atom. The number of phenolic OH excluding ortho intramolecular Hbond substituents is 1. The number of aliphatic hydroxyl groups is 1. The Labute approximate surface area is 243 Å². The van der Waals surface area contributed by atoms with Crippen molar-refractivity contribution in [2.45, 2.75) is 29.9 Å². The third-order valence-corrected chi connectivity index (χ3v) is 9.61. The van der Waals surface area contributed by atoms with Gasteiger partial charge in [0, 0.05) is 37.1 Å². The van der Waals surface area contributed by atoms with Gasteiger partial charge in [-0.2, -0.15) is 0 Å². The highest BCUT2D eigenvalue weighted by Gasteiger charge is 2.25. The lowest BCUT2D eigenvalue weighted by atomic mass is 10.0. The minimum absolute atomic E-state index is 0.00795. The fourth-order valence-electron chi connectivity index (χ4n) is 4.48. The molecule has 0 spiro atoms. The van der Waals surface area contributed by atoms with Crippen LogP contribution >= 0.6 is 11.3 Å². The summed E-state index contributed by atoms with van der Waals surface area (Å²) in [6, 6.07) is 12.8. The maximum Gasteiger partial charge on any atom is 0.349 e. The summed E-state index contributed by atoms with van der Waals surface area (Å²) in [5.74, 6) is -0.938. The molecule has 2 heterocycles. The van der Waals surface area contributed by atoms with Gasteiger partial charge in [-0.1, -0.05) is 6.07 Å². The van der Waals surface area contributed by atoms with Gasteiger partial charge in [0.05, 0.1) is 25.2 Å². The molecule has 1 fully saturated rings. The van der Waals surface area contributed by atoms with Crippen LogP contribution in [0.4, 0.5) is 17.1 Å². The second-order valence-corrected chi connectivity index (χ2v) is 13.9. The number of carbonyl (C=O) groups is 1. The molecule has 12 nitrogen and oxygen atoms in total. The highest BCUT2D eigenvalue weighted by atomic mass is 32.2. The summed E-state index contributed by atoms with van der Waals surface area (Å²) in [6.07, 6.45) is 1.70. The van der Waals surface area contributed by atoms with E-state index in [0.29, 0.717) is 11.3 Å². The van der Waals surface area contributed by atoms with E-state index in [0.717, 1.165) is 49.2 Å². The van der Waals surface area contributed by atoms with Crippen molar-refractivity contribution in [1.29, 1.82) is 0 Å². The van der Waals surface area contributed by atoms with Crippen molar-refractivity contribution in [3.05, 3.63) is 64.4 Å². The zero-order chi connectivity index (χ0) is 29.8. The van der Waals surface area contributed by atoms with Gasteiger partial charge in [-0.3, -0.25) is 9.44 Å². The molecule has 1 saturated heterocycles. The first-order valence-electron chi connectivity index (χ1n) is 12.6. The Bertz CT molecular complexity index is 1580. The summed E-state index contributed by atoms with van der Waals surface area (Å²) in [5, 5.41) is 25.4. The van der Waals surface area contributed by atoms with Crippen LogP contribution in [0, 0.1) is 0 Å². The molecular formula is C26H32N4O8S3. The molecule has 1 atom stereocenters. The lowest BCUT2D eigenvalue weighted by Crippen LogP contribution is -2.43. The van der Waals surface area contributed by atoms with Gasteiger partial charge < -0.3 is 25.2 Å². The first kappa shape index (κ1) is 30.6. The number of nitrogens with one attached hydrogen (secondary N) is 3. The van der Waals surface area contributed by atoms with Crippen LogP contribution in [0.3, 0.4) is 0 Å². The van der Waals surface area contributed by atoms with Crippen LogP contribution in [-0.2, 0) is 24.8 Å². The largest absolute Gasteiger partial charge is 0.506 e. The van der Waals surface area contributed by atoms with Gasteiger partial charge in [0.15, 0.2) is 0 Å². The van der Waals surface area contributed by atoms with Crippen molar-refractivity contribution in [1.82, 2.24) is 5.32 Å². The summed E-state index contributed by atoms with van der Waals surface area (Å²) < 4.78 is 58.1. The monoisotopic (exact) mass is 624 g/mol. The molecule has 1 aliphatic rings. The van der Waals surface area contributed by atoms with E-state index in [4.69, 9.17) is 0 Å². The minimum Gasteiger partial charge on any atom is -0.506 e. The van der Waals surface area contributed by atoms with Crippen LogP contribution in [0.1, 0.15) is 34.2 Å². The molecule has 0 bridgehead atoms. The Kier molecular flexibility index (Phi) is 9.44. The number of thiophene rings is 1. The molecule has 5 N–H and O–H groups in total. The minimum atomic E-state index is -3.97. The second-order valence-electron chi connectivity index (χ2n) is 9.59. The third-order valence-electron chi connectivity index (χ3n) is 6.57. The zero-order valence-corrected chi connectivity index (χ0v) is 24.9. The smallest absolute Gasteiger partial charge is 0.349 e. The number of aliphatic hydroxyl groups excluding tert-OH is 1. The maximum atomic E-state index is 12.8. The molecule has 4 rings (SSSR count). The number of benzene rings is 2. The first-order valence-corrected chi connectivity index (χ1v) is 16.9. The highest BCUT2D eigenvalue weighted by Crippen LogP contribution is 2.29. The first-order chi connectivity index (χ1) is 19.4. The average Bonchev–Trinajstić information content (AvgIpc) is 3.44. The van der Waals surface area contributed by atoms with Crippen molar-refractivity contribution >= 4 is 54.4 Å². The van der Waals surface area contributed by atoms with E-state index in [9.17, 15) is 31.8 Å². The fraction of sp³-hybridized carbons (Fsp3) is 0.346. The number of anilines is 3. The quantitative estimate of drug-likeness (QED) is 0.158. The Morgan fingerprint density at radius 2 is 1.76 bits per heavy atom. The standard InChI is InChI=1S/C26H32N4O8S3/c1-38-26(33)25-24(11-14-39-25)41(36,37)28-19-4-6-20(7-5-19)30-12-9-18(10-13-30)27-16-23(32)17-3-8-22(31)21(15-17)29-40(2,34)35/h3-8,11,14-15,18,23,27-29,31-32H,9-10,12-13,16H2,1-2H3/t23-/m0/s1. The third kappa shape index (κ3) is 7.89. The van der Waals surface area contributed by atoms with Crippen LogP contribution in [0.2, 0.25) is 0 Å². The van der Waals surface area contributed by atoms with Gasteiger partial charge in [-0.05, 0) is 66.2 Å². The van der Waals surface area contributed by atoms with Crippen LogP contribution in [0.25, 0.3) is 0 Å². The highest BCUT2D eigenvalue weighted by molar-refractivity contribution is 7.93. The normalized spacial score (nSPS) is 15.3. The molecule has 0 amide bonds. The molecule has 3 aromatic rings. The van der Waals surface area contributed by atoms with E-state index < -0.39 is 32.1 Å². The molecular weight excluding hydrogens is 593 g/mol. The lowest BCUT2D eigenvalue weighted by Gasteiger charge is -2.34. The molecule has 41 heavy (non-hydrogen) atoms. The predicted molar refractivity (Wildman–Crippen MR) is 158 cm³/mol. The fourth-order valence-corrected chi connectivity index (χ4v) is 7.44. The number of sulfonamides is 2. The number of methoxy groups -OCH3 is 1. The number of esters is 1. The maximum absolute atomic E-state index is 12.8. The summed E-state index contributed by atoms with van der Waals surface area (Å²) in [6.45, 7) is 1.75. The summed E-state index contributed by atoms with van der Waals surface area (Å²) in [4.78, 5) is 14.0.